The maximum Gasteiger partial charge on any atom is 0.129 e. The first-order valence-corrected chi connectivity index (χ1v) is 13.7. The van der Waals surface area contributed by atoms with E-state index in [-0.39, 0.29) is 5.41 Å². The van der Waals surface area contributed by atoms with E-state index in [1.165, 1.54) is 5.20 Å². The summed E-state index contributed by atoms with van der Waals surface area (Å²) in [5.74, 6) is 3.47. The summed E-state index contributed by atoms with van der Waals surface area (Å²) >= 11 is 0. The van der Waals surface area contributed by atoms with Gasteiger partial charge in [0.25, 0.3) is 0 Å². The molecule has 0 fully saturated rings. The van der Waals surface area contributed by atoms with E-state index >= 15 is 0 Å². The molecule has 0 saturated heterocycles. The third kappa shape index (κ3) is 9.50. The van der Waals surface area contributed by atoms with E-state index in [2.05, 4.69) is 89.7 Å². The minimum Gasteiger partial charge on any atom is -0.127 e. The third-order valence-corrected chi connectivity index (χ3v) is 5.02. The third-order valence-electron chi connectivity index (χ3n) is 2.24. The average molecular weight is 279 g/mol. The van der Waals surface area contributed by atoms with Crippen LogP contribution in [0.1, 0.15) is 20.8 Å². The Bertz CT molecular complexity index is 382. The van der Waals surface area contributed by atoms with E-state index in [0.717, 1.165) is 0 Å². The molecule has 102 valence electrons. The number of allylic oxidation sites excluding steroid dienone is 4. The Morgan fingerprint density at radius 2 is 1.44 bits per heavy atom. The first kappa shape index (κ1) is 17.5. The quantitative estimate of drug-likeness (QED) is 0.366. The average Bonchev–Trinajstić information content (AvgIpc) is 2.04. The standard InChI is InChI=1S/C16H30Si2/c1-16(2,3)13-10-11-15(18(7,8)9)12-14-17(4,5)6/h10-11,13H,1-9H3/b13-10+,15-11-. The summed E-state index contributed by atoms with van der Waals surface area (Å²) in [7, 11) is -2.60. The minimum absolute atomic E-state index is 0.243. The van der Waals surface area contributed by atoms with Gasteiger partial charge in [0.1, 0.15) is 8.07 Å². The van der Waals surface area contributed by atoms with Gasteiger partial charge in [-0.05, 0) is 10.6 Å². The fourth-order valence-corrected chi connectivity index (χ4v) is 2.84. The van der Waals surface area contributed by atoms with E-state index in [0.29, 0.717) is 0 Å². The fraction of sp³-hybridized carbons (Fsp3) is 0.625. The van der Waals surface area contributed by atoms with Crippen LogP contribution in [0.2, 0.25) is 39.3 Å². The smallest absolute Gasteiger partial charge is 0.127 e. The zero-order valence-electron chi connectivity index (χ0n) is 13.7. The van der Waals surface area contributed by atoms with Gasteiger partial charge >= 0.3 is 0 Å². The van der Waals surface area contributed by atoms with Crippen molar-refractivity contribution in [2.75, 3.05) is 0 Å². The van der Waals surface area contributed by atoms with Gasteiger partial charge < -0.3 is 0 Å². The van der Waals surface area contributed by atoms with Crippen LogP contribution in [0.5, 0.6) is 0 Å². The van der Waals surface area contributed by atoms with Crippen LogP contribution >= 0.6 is 0 Å². The first-order valence-electron chi connectivity index (χ1n) is 6.74. The normalized spacial score (nSPS) is 14.6. The number of rotatable bonds is 2. The van der Waals surface area contributed by atoms with Gasteiger partial charge in [0.05, 0.1) is 8.07 Å². The second-order valence-corrected chi connectivity index (χ2v) is 17.8. The predicted octanol–water partition coefficient (Wildman–Crippen LogP) is 5.27. The Morgan fingerprint density at radius 1 is 0.944 bits per heavy atom. The summed E-state index contributed by atoms with van der Waals surface area (Å²) < 4.78 is 0. The molecule has 0 rings (SSSR count). The molecule has 0 unspecified atom stereocenters. The highest BCUT2D eigenvalue weighted by Gasteiger charge is 2.18. The maximum atomic E-state index is 3.50. The molecule has 2 heteroatoms. The Labute approximate surface area is 117 Å². The highest BCUT2D eigenvalue weighted by molar-refractivity contribution is 6.86. The molecule has 0 aliphatic carbocycles. The highest BCUT2D eigenvalue weighted by atomic mass is 28.3. The van der Waals surface area contributed by atoms with Crippen molar-refractivity contribution in [3.63, 3.8) is 0 Å². The lowest BCUT2D eigenvalue weighted by Gasteiger charge is -2.16. The topological polar surface area (TPSA) is 0 Å². The molecule has 0 aliphatic rings. The summed E-state index contributed by atoms with van der Waals surface area (Å²) in [5, 5.41) is 1.37. The van der Waals surface area contributed by atoms with Crippen molar-refractivity contribution in [1.82, 2.24) is 0 Å². The molecular weight excluding hydrogens is 248 g/mol. The van der Waals surface area contributed by atoms with E-state index in [1.54, 1.807) is 0 Å². The van der Waals surface area contributed by atoms with E-state index < -0.39 is 16.1 Å². The van der Waals surface area contributed by atoms with Gasteiger partial charge in [0.15, 0.2) is 0 Å². The molecule has 0 heterocycles. The molecule has 0 amide bonds. The second-order valence-electron chi connectivity index (χ2n) is 8.06. The lowest BCUT2D eigenvalue weighted by Crippen LogP contribution is -2.24. The van der Waals surface area contributed by atoms with E-state index in [4.69, 9.17) is 0 Å². The molecule has 0 aromatic heterocycles. The fourth-order valence-electron chi connectivity index (χ4n) is 1.17. The number of hydrogen-bond acceptors (Lipinski definition) is 0. The molecule has 0 atom stereocenters. The molecule has 0 N–H and O–H groups in total. The first-order chi connectivity index (χ1) is 7.81. The molecule has 0 aromatic rings. The molecule has 18 heavy (non-hydrogen) atoms. The van der Waals surface area contributed by atoms with Crippen LogP contribution in [0.4, 0.5) is 0 Å². The molecule has 0 nitrogen and oxygen atoms in total. The van der Waals surface area contributed by atoms with Crippen LogP contribution in [-0.4, -0.2) is 16.1 Å². The van der Waals surface area contributed by atoms with Crippen LogP contribution in [0, 0.1) is 16.9 Å². The van der Waals surface area contributed by atoms with E-state index in [9.17, 15) is 0 Å². The second kappa shape index (κ2) is 6.08. The van der Waals surface area contributed by atoms with Crippen molar-refractivity contribution >= 4 is 16.1 Å². The van der Waals surface area contributed by atoms with Crippen LogP contribution in [0.3, 0.4) is 0 Å². The van der Waals surface area contributed by atoms with Gasteiger partial charge in [-0.25, -0.2) is 0 Å². The summed E-state index contributed by atoms with van der Waals surface area (Å²) in [4.78, 5) is 0. The van der Waals surface area contributed by atoms with E-state index in [1.807, 2.05) is 0 Å². The Balaban J connectivity index is 5.21. The van der Waals surface area contributed by atoms with Crippen LogP contribution in [0.25, 0.3) is 0 Å². The monoisotopic (exact) mass is 278 g/mol. The Kier molecular flexibility index (Phi) is 5.90. The van der Waals surface area contributed by atoms with Gasteiger partial charge in [0.2, 0.25) is 0 Å². The molecule has 0 aliphatic heterocycles. The van der Waals surface area contributed by atoms with Crippen molar-refractivity contribution in [2.24, 2.45) is 5.41 Å². The van der Waals surface area contributed by atoms with Gasteiger partial charge in [-0.2, -0.15) is 0 Å². The van der Waals surface area contributed by atoms with Crippen LogP contribution < -0.4 is 0 Å². The predicted molar refractivity (Wildman–Crippen MR) is 91.1 cm³/mol. The van der Waals surface area contributed by atoms with Gasteiger partial charge in [-0.15, -0.1) is 5.54 Å². The molecule has 0 bridgehead atoms. The van der Waals surface area contributed by atoms with Crippen LogP contribution in [-0.2, 0) is 0 Å². The Morgan fingerprint density at radius 3 is 1.78 bits per heavy atom. The van der Waals surface area contributed by atoms with Gasteiger partial charge in [-0.1, -0.05) is 84.2 Å². The largest absolute Gasteiger partial charge is 0.129 e. The van der Waals surface area contributed by atoms with Gasteiger partial charge in [-0.3, -0.25) is 0 Å². The Hall–Kier alpha value is -0.526. The van der Waals surface area contributed by atoms with Crippen molar-refractivity contribution < 1.29 is 0 Å². The molecule has 0 aromatic carbocycles. The minimum atomic E-state index is -1.32. The van der Waals surface area contributed by atoms with Crippen molar-refractivity contribution in [3.05, 3.63) is 23.4 Å². The zero-order valence-corrected chi connectivity index (χ0v) is 15.7. The summed E-state index contributed by atoms with van der Waals surface area (Å²) in [6, 6.07) is 0. The zero-order chi connectivity index (χ0) is 14.6. The summed E-state index contributed by atoms with van der Waals surface area (Å²) in [6.45, 7) is 20.7. The maximum absolute atomic E-state index is 3.50. The summed E-state index contributed by atoms with van der Waals surface area (Å²) in [5.41, 5.74) is 3.74. The highest BCUT2D eigenvalue weighted by Crippen LogP contribution is 2.17. The van der Waals surface area contributed by atoms with Gasteiger partial charge in [0, 0.05) is 0 Å². The molecule has 0 saturated carbocycles. The molecular formula is C16H30Si2. The van der Waals surface area contributed by atoms with Crippen molar-refractivity contribution in [1.29, 1.82) is 0 Å². The summed E-state index contributed by atoms with van der Waals surface area (Å²) in [6.07, 6.45) is 6.68. The lowest BCUT2D eigenvalue weighted by atomic mass is 9.96. The molecule has 0 spiro atoms. The number of hydrogen-bond donors (Lipinski definition) is 0. The van der Waals surface area contributed by atoms with Crippen molar-refractivity contribution in [2.45, 2.75) is 60.1 Å². The lowest BCUT2D eigenvalue weighted by molar-refractivity contribution is 0.544. The van der Waals surface area contributed by atoms with Crippen molar-refractivity contribution in [3.8, 4) is 11.5 Å². The SMILES string of the molecule is CC(C)(C)/C=C/C=C(/C#C[Si](C)(C)C)[Si](C)(C)C. The van der Waals surface area contributed by atoms with Crippen LogP contribution in [0.15, 0.2) is 23.4 Å². The molecule has 0 radical (unpaired) electrons.